The van der Waals surface area contributed by atoms with Gasteiger partial charge in [-0.3, -0.25) is 9.59 Å². The molecular weight excluding hydrogens is 298 g/mol. The number of nitriles is 1. The number of nitrogens with zero attached hydrogens (tertiary/aromatic N) is 1. The maximum atomic E-state index is 11.8. The first-order valence-corrected chi connectivity index (χ1v) is 7.60. The van der Waals surface area contributed by atoms with Gasteiger partial charge in [-0.2, -0.15) is 5.26 Å². The molecule has 0 bridgehead atoms. The average Bonchev–Trinajstić information content (AvgIpc) is 3.00. The Kier molecular flexibility index (Phi) is 5.69. The first-order valence-electron chi connectivity index (χ1n) is 6.72. The number of carbonyl (C=O) groups excluding carboxylic acids is 2. The van der Waals surface area contributed by atoms with E-state index in [0.717, 1.165) is 10.4 Å². The van der Waals surface area contributed by atoms with Crippen LogP contribution in [-0.4, -0.2) is 11.8 Å². The normalized spacial score (nSPS) is 9.77. The van der Waals surface area contributed by atoms with E-state index in [9.17, 15) is 9.59 Å². The van der Waals surface area contributed by atoms with E-state index in [2.05, 4.69) is 10.6 Å². The molecule has 0 radical (unpaired) electrons. The molecular formula is C16H15N3O2S. The Hall–Kier alpha value is -2.65. The van der Waals surface area contributed by atoms with Crippen LogP contribution in [0.5, 0.6) is 0 Å². The number of carbonyl (C=O) groups is 2. The lowest BCUT2D eigenvalue weighted by Crippen LogP contribution is -2.24. The Balaban J connectivity index is 1.80. The van der Waals surface area contributed by atoms with E-state index >= 15 is 0 Å². The summed E-state index contributed by atoms with van der Waals surface area (Å²) in [5.74, 6) is -0.353. The van der Waals surface area contributed by atoms with Crippen molar-refractivity contribution < 1.29 is 9.59 Å². The molecule has 6 heteroatoms. The quantitative estimate of drug-likeness (QED) is 0.859. The van der Waals surface area contributed by atoms with Crippen LogP contribution in [0, 0.1) is 11.3 Å². The first kappa shape index (κ1) is 15.7. The third-order valence-electron chi connectivity index (χ3n) is 2.88. The summed E-state index contributed by atoms with van der Waals surface area (Å²) >= 11 is 1.56. The number of amides is 2. The van der Waals surface area contributed by atoms with Gasteiger partial charge in [0.1, 0.15) is 6.42 Å². The average molecular weight is 313 g/mol. The predicted molar refractivity (Wildman–Crippen MR) is 85.2 cm³/mol. The van der Waals surface area contributed by atoms with Crippen LogP contribution < -0.4 is 10.6 Å². The van der Waals surface area contributed by atoms with Gasteiger partial charge in [0.25, 0.3) is 0 Å². The second kappa shape index (κ2) is 7.96. The van der Waals surface area contributed by atoms with Crippen molar-refractivity contribution in [1.29, 1.82) is 5.26 Å². The van der Waals surface area contributed by atoms with Crippen molar-refractivity contribution >= 4 is 28.8 Å². The van der Waals surface area contributed by atoms with Gasteiger partial charge < -0.3 is 10.6 Å². The molecule has 0 unspecified atom stereocenters. The maximum Gasteiger partial charge on any atom is 0.238 e. The topological polar surface area (TPSA) is 82.0 Å². The summed E-state index contributed by atoms with van der Waals surface area (Å²) in [6.45, 7) is 0.441. The summed E-state index contributed by atoms with van der Waals surface area (Å²) in [6.07, 6.45) is 0.223. The Bertz CT molecular complexity index is 672. The van der Waals surface area contributed by atoms with Gasteiger partial charge in [0.05, 0.1) is 12.5 Å². The minimum absolute atomic E-state index is 0.0196. The number of nitrogens with one attached hydrogen (secondary N) is 2. The molecule has 22 heavy (non-hydrogen) atoms. The van der Waals surface area contributed by atoms with Crippen molar-refractivity contribution in [2.45, 2.75) is 19.4 Å². The van der Waals surface area contributed by atoms with Crippen molar-refractivity contribution in [2.24, 2.45) is 0 Å². The highest BCUT2D eigenvalue weighted by Gasteiger charge is 2.05. The second-order valence-electron chi connectivity index (χ2n) is 4.61. The van der Waals surface area contributed by atoms with Gasteiger partial charge in [0, 0.05) is 17.1 Å². The van der Waals surface area contributed by atoms with Gasteiger partial charge in [0.2, 0.25) is 11.8 Å². The number of hydrogen-bond donors (Lipinski definition) is 2. The van der Waals surface area contributed by atoms with Gasteiger partial charge in [-0.25, -0.2) is 0 Å². The van der Waals surface area contributed by atoms with E-state index in [0.29, 0.717) is 18.7 Å². The fourth-order valence-electron chi connectivity index (χ4n) is 1.82. The SMILES string of the molecule is N#CCC(=O)Nc1ccc(CNC(=O)Cc2cccs2)cc1. The lowest BCUT2D eigenvalue weighted by atomic mass is 10.2. The highest BCUT2D eigenvalue weighted by molar-refractivity contribution is 7.10. The van der Waals surface area contributed by atoms with Gasteiger partial charge in [0.15, 0.2) is 0 Å². The van der Waals surface area contributed by atoms with Crippen molar-refractivity contribution in [3.05, 3.63) is 52.2 Å². The lowest BCUT2D eigenvalue weighted by molar-refractivity contribution is -0.120. The van der Waals surface area contributed by atoms with Gasteiger partial charge in [-0.15, -0.1) is 11.3 Å². The molecule has 0 aliphatic carbocycles. The summed E-state index contributed by atoms with van der Waals surface area (Å²) in [5, 5.41) is 15.8. The minimum atomic E-state index is -0.334. The Morgan fingerprint density at radius 3 is 2.55 bits per heavy atom. The first-order chi connectivity index (χ1) is 10.7. The summed E-state index contributed by atoms with van der Waals surface area (Å²) in [4.78, 5) is 24.1. The molecule has 2 N–H and O–H groups in total. The van der Waals surface area contributed by atoms with Crippen LogP contribution in [-0.2, 0) is 22.6 Å². The zero-order valence-corrected chi connectivity index (χ0v) is 12.7. The summed E-state index contributed by atoms with van der Waals surface area (Å²) in [5.41, 5.74) is 1.58. The van der Waals surface area contributed by atoms with Gasteiger partial charge in [-0.1, -0.05) is 18.2 Å². The van der Waals surface area contributed by atoms with E-state index in [1.54, 1.807) is 29.5 Å². The zero-order chi connectivity index (χ0) is 15.8. The summed E-state index contributed by atoms with van der Waals surface area (Å²) in [6, 6.07) is 12.8. The fourth-order valence-corrected chi connectivity index (χ4v) is 2.52. The Morgan fingerprint density at radius 1 is 1.14 bits per heavy atom. The van der Waals surface area contributed by atoms with Crippen molar-refractivity contribution in [3.63, 3.8) is 0 Å². The highest BCUT2D eigenvalue weighted by atomic mass is 32.1. The molecule has 1 aromatic heterocycles. The number of benzene rings is 1. The van der Waals surface area contributed by atoms with E-state index in [1.165, 1.54) is 0 Å². The zero-order valence-electron chi connectivity index (χ0n) is 11.8. The summed E-state index contributed by atoms with van der Waals surface area (Å²) < 4.78 is 0. The number of hydrogen-bond acceptors (Lipinski definition) is 4. The summed E-state index contributed by atoms with van der Waals surface area (Å²) in [7, 11) is 0. The van der Waals surface area contributed by atoms with Crippen LogP contribution >= 0.6 is 11.3 Å². The van der Waals surface area contributed by atoms with Crippen molar-refractivity contribution in [1.82, 2.24) is 5.32 Å². The molecule has 0 spiro atoms. The molecule has 5 nitrogen and oxygen atoms in total. The molecule has 1 aromatic carbocycles. The molecule has 0 fully saturated rings. The third kappa shape index (κ3) is 5.04. The standard InChI is InChI=1S/C16H15N3O2S/c17-8-7-15(20)19-13-5-3-12(4-6-13)11-18-16(21)10-14-2-1-9-22-14/h1-6,9H,7,10-11H2,(H,18,21)(H,19,20). The molecule has 0 atom stereocenters. The van der Waals surface area contributed by atoms with E-state index in [4.69, 9.17) is 5.26 Å². The molecule has 1 heterocycles. The van der Waals surface area contributed by atoms with E-state index < -0.39 is 0 Å². The maximum absolute atomic E-state index is 11.8. The van der Waals surface area contributed by atoms with Crippen LogP contribution in [0.4, 0.5) is 5.69 Å². The van der Waals surface area contributed by atoms with Crippen molar-refractivity contribution in [2.75, 3.05) is 5.32 Å². The molecule has 0 saturated heterocycles. The van der Waals surface area contributed by atoms with E-state index in [-0.39, 0.29) is 18.2 Å². The Morgan fingerprint density at radius 2 is 1.91 bits per heavy atom. The molecule has 112 valence electrons. The number of thiophene rings is 1. The van der Waals surface area contributed by atoms with Crippen LogP contribution in [0.3, 0.4) is 0 Å². The Labute approximate surface area is 132 Å². The lowest BCUT2D eigenvalue weighted by Gasteiger charge is -2.07. The smallest absolute Gasteiger partial charge is 0.238 e. The third-order valence-corrected chi connectivity index (χ3v) is 3.76. The molecule has 0 saturated carbocycles. The van der Waals surface area contributed by atoms with Crippen LogP contribution in [0.25, 0.3) is 0 Å². The molecule has 2 rings (SSSR count). The molecule has 0 aliphatic rings. The fraction of sp³-hybridized carbons (Fsp3) is 0.188. The van der Waals surface area contributed by atoms with Gasteiger partial charge >= 0.3 is 0 Å². The second-order valence-corrected chi connectivity index (χ2v) is 5.65. The van der Waals surface area contributed by atoms with Crippen LogP contribution in [0.2, 0.25) is 0 Å². The van der Waals surface area contributed by atoms with E-state index in [1.807, 2.05) is 29.6 Å². The highest BCUT2D eigenvalue weighted by Crippen LogP contribution is 2.11. The molecule has 2 amide bonds. The number of rotatable bonds is 6. The largest absolute Gasteiger partial charge is 0.352 e. The van der Waals surface area contributed by atoms with Gasteiger partial charge in [-0.05, 0) is 29.1 Å². The monoisotopic (exact) mass is 313 g/mol. The predicted octanol–water partition coefficient (Wildman–Crippen LogP) is 2.46. The number of anilines is 1. The van der Waals surface area contributed by atoms with Crippen LogP contribution in [0.1, 0.15) is 16.9 Å². The molecule has 2 aromatic rings. The van der Waals surface area contributed by atoms with Crippen LogP contribution in [0.15, 0.2) is 41.8 Å². The molecule has 0 aliphatic heterocycles. The minimum Gasteiger partial charge on any atom is -0.352 e. The van der Waals surface area contributed by atoms with Crippen molar-refractivity contribution in [3.8, 4) is 6.07 Å².